The lowest BCUT2D eigenvalue weighted by Gasteiger charge is -2.34. The summed E-state index contributed by atoms with van der Waals surface area (Å²) in [5.41, 5.74) is 0.707. The van der Waals surface area contributed by atoms with Gasteiger partial charge in [-0.1, -0.05) is 11.6 Å². The van der Waals surface area contributed by atoms with E-state index in [9.17, 15) is 0 Å². The molecule has 0 spiro atoms. The maximum Gasteiger partial charge on any atom is 0.180 e. The van der Waals surface area contributed by atoms with E-state index in [2.05, 4.69) is 15.2 Å². The van der Waals surface area contributed by atoms with Crippen LogP contribution in [0.1, 0.15) is 25.6 Å². The van der Waals surface area contributed by atoms with Crippen LogP contribution in [0, 0.1) is 5.92 Å². The van der Waals surface area contributed by atoms with Gasteiger partial charge >= 0.3 is 0 Å². The fourth-order valence-corrected chi connectivity index (χ4v) is 2.71. The number of halogens is 1. The summed E-state index contributed by atoms with van der Waals surface area (Å²) in [6.07, 6.45) is 6.82. The van der Waals surface area contributed by atoms with Gasteiger partial charge < -0.3 is 4.74 Å². The summed E-state index contributed by atoms with van der Waals surface area (Å²) in [7, 11) is 0. The molecule has 1 saturated carbocycles. The Labute approximate surface area is 110 Å². The van der Waals surface area contributed by atoms with E-state index in [1.807, 2.05) is 11.3 Å². The molecule has 0 aromatic carbocycles. The van der Waals surface area contributed by atoms with E-state index in [4.69, 9.17) is 16.3 Å². The Morgan fingerprint density at radius 2 is 2.22 bits per heavy atom. The van der Waals surface area contributed by atoms with Gasteiger partial charge in [-0.15, -0.1) is 10.2 Å². The summed E-state index contributed by atoms with van der Waals surface area (Å²) in [5, 5.41) is 8.84. The minimum atomic E-state index is 0.427. The van der Waals surface area contributed by atoms with Gasteiger partial charge in [-0.2, -0.15) is 0 Å². The highest BCUT2D eigenvalue weighted by Gasteiger charge is 2.30. The molecular formula is C12H15ClN4O. The molecule has 1 aliphatic carbocycles. The third-order valence-corrected chi connectivity index (χ3v) is 3.67. The number of hydrogen-bond donors (Lipinski definition) is 0. The Kier molecular flexibility index (Phi) is 3.18. The van der Waals surface area contributed by atoms with Crippen LogP contribution in [-0.2, 0) is 11.2 Å². The Morgan fingerprint density at radius 3 is 3.00 bits per heavy atom. The first-order chi connectivity index (χ1) is 8.78. The number of hydrogen-bond acceptors (Lipinski definition) is 4. The van der Waals surface area contributed by atoms with Gasteiger partial charge in [0.15, 0.2) is 5.65 Å². The smallest absolute Gasteiger partial charge is 0.180 e. The normalized spacial score (nSPS) is 23.2. The van der Waals surface area contributed by atoms with Crippen LogP contribution in [0.3, 0.4) is 0 Å². The first-order valence-corrected chi connectivity index (χ1v) is 6.61. The summed E-state index contributed by atoms with van der Waals surface area (Å²) >= 11 is 6.12. The number of rotatable bonds is 4. The van der Waals surface area contributed by atoms with E-state index in [-0.39, 0.29) is 0 Å². The molecule has 0 unspecified atom stereocenters. The highest BCUT2D eigenvalue weighted by Crippen LogP contribution is 2.32. The summed E-state index contributed by atoms with van der Waals surface area (Å²) < 4.78 is 7.42. The topological polar surface area (TPSA) is 52.3 Å². The van der Waals surface area contributed by atoms with Gasteiger partial charge in [-0.25, -0.2) is 0 Å². The van der Waals surface area contributed by atoms with Gasteiger partial charge in [0.1, 0.15) is 11.0 Å². The van der Waals surface area contributed by atoms with Gasteiger partial charge in [0.05, 0.1) is 18.5 Å². The minimum absolute atomic E-state index is 0.427. The van der Waals surface area contributed by atoms with Crippen LogP contribution in [0.5, 0.6) is 0 Å². The standard InChI is InChI=1S/C12H15ClN4O/c1-2-18-9-3-8(4-9)5-11-15-16-12-7-14-6-10(13)17(11)12/h6-9H,2-5H2,1H3. The van der Waals surface area contributed by atoms with Crippen LogP contribution in [0.25, 0.3) is 5.65 Å². The predicted molar refractivity (Wildman–Crippen MR) is 67.6 cm³/mol. The largest absolute Gasteiger partial charge is 0.378 e. The fraction of sp³-hybridized carbons (Fsp3) is 0.583. The molecule has 0 amide bonds. The first kappa shape index (κ1) is 11.9. The Balaban J connectivity index is 1.73. The molecule has 0 saturated heterocycles. The minimum Gasteiger partial charge on any atom is -0.378 e. The number of fused-ring (bicyclic) bond motifs is 1. The summed E-state index contributed by atoms with van der Waals surface area (Å²) in [4.78, 5) is 4.00. The molecule has 3 rings (SSSR count). The molecule has 0 N–H and O–H groups in total. The zero-order valence-corrected chi connectivity index (χ0v) is 11.0. The molecule has 96 valence electrons. The van der Waals surface area contributed by atoms with Gasteiger partial charge in [0.2, 0.25) is 0 Å². The van der Waals surface area contributed by atoms with Crippen molar-refractivity contribution in [3.8, 4) is 0 Å². The molecule has 2 heterocycles. The van der Waals surface area contributed by atoms with Crippen molar-refractivity contribution < 1.29 is 4.74 Å². The first-order valence-electron chi connectivity index (χ1n) is 6.23. The van der Waals surface area contributed by atoms with E-state index in [1.165, 1.54) is 0 Å². The zero-order chi connectivity index (χ0) is 12.5. The van der Waals surface area contributed by atoms with Crippen LogP contribution in [0.4, 0.5) is 0 Å². The van der Waals surface area contributed by atoms with Crippen LogP contribution in [-0.4, -0.2) is 32.3 Å². The van der Waals surface area contributed by atoms with E-state index >= 15 is 0 Å². The van der Waals surface area contributed by atoms with Crippen LogP contribution in [0.2, 0.25) is 5.15 Å². The summed E-state index contributed by atoms with van der Waals surface area (Å²) in [5.74, 6) is 1.54. The zero-order valence-electron chi connectivity index (χ0n) is 10.2. The lowest BCUT2D eigenvalue weighted by Crippen LogP contribution is -2.33. The van der Waals surface area contributed by atoms with Crippen molar-refractivity contribution in [3.63, 3.8) is 0 Å². The maximum atomic E-state index is 6.12. The van der Waals surface area contributed by atoms with Gasteiger partial charge in [-0.05, 0) is 25.7 Å². The Morgan fingerprint density at radius 1 is 1.39 bits per heavy atom. The van der Waals surface area contributed by atoms with Crippen LogP contribution in [0.15, 0.2) is 12.4 Å². The van der Waals surface area contributed by atoms with E-state index in [0.717, 1.165) is 31.7 Å². The molecule has 18 heavy (non-hydrogen) atoms. The van der Waals surface area contributed by atoms with Crippen LogP contribution >= 0.6 is 11.6 Å². The number of aromatic nitrogens is 4. The van der Waals surface area contributed by atoms with Crippen molar-refractivity contribution in [3.05, 3.63) is 23.4 Å². The van der Waals surface area contributed by atoms with Crippen molar-refractivity contribution >= 4 is 17.2 Å². The van der Waals surface area contributed by atoms with Crippen LogP contribution < -0.4 is 0 Å². The molecule has 2 aromatic rings. The van der Waals surface area contributed by atoms with E-state index < -0.39 is 0 Å². The third-order valence-electron chi connectivity index (χ3n) is 3.41. The molecule has 0 bridgehead atoms. The predicted octanol–water partition coefficient (Wildman–Crippen LogP) is 2.14. The average molecular weight is 267 g/mol. The summed E-state index contributed by atoms with van der Waals surface area (Å²) in [6, 6.07) is 0. The second-order valence-corrected chi connectivity index (χ2v) is 5.05. The molecule has 6 heteroatoms. The molecule has 1 fully saturated rings. The maximum absolute atomic E-state index is 6.12. The molecule has 2 aromatic heterocycles. The highest BCUT2D eigenvalue weighted by atomic mass is 35.5. The average Bonchev–Trinajstić information content (AvgIpc) is 2.71. The second kappa shape index (κ2) is 4.82. The van der Waals surface area contributed by atoms with E-state index in [0.29, 0.717) is 22.8 Å². The molecule has 0 atom stereocenters. The second-order valence-electron chi connectivity index (χ2n) is 4.66. The fourth-order valence-electron chi connectivity index (χ4n) is 2.47. The van der Waals surface area contributed by atoms with Crippen molar-refractivity contribution in [1.82, 2.24) is 19.6 Å². The molecule has 1 aliphatic rings. The van der Waals surface area contributed by atoms with Crippen molar-refractivity contribution in [2.45, 2.75) is 32.3 Å². The monoisotopic (exact) mass is 266 g/mol. The molecule has 0 aliphatic heterocycles. The van der Waals surface area contributed by atoms with Crippen molar-refractivity contribution in [1.29, 1.82) is 0 Å². The van der Waals surface area contributed by atoms with Gasteiger partial charge in [0, 0.05) is 13.0 Å². The summed E-state index contributed by atoms with van der Waals surface area (Å²) in [6.45, 7) is 2.83. The Hall–Kier alpha value is -1.20. The van der Waals surface area contributed by atoms with E-state index in [1.54, 1.807) is 12.4 Å². The number of ether oxygens (including phenoxy) is 1. The molecular weight excluding hydrogens is 252 g/mol. The van der Waals surface area contributed by atoms with Gasteiger partial charge in [0.25, 0.3) is 0 Å². The lowest BCUT2D eigenvalue weighted by atomic mass is 9.80. The lowest BCUT2D eigenvalue weighted by molar-refractivity contribution is -0.0245. The highest BCUT2D eigenvalue weighted by molar-refractivity contribution is 6.29. The van der Waals surface area contributed by atoms with Crippen molar-refractivity contribution in [2.24, 2.45) is 5.92 Å². The van der Waals surface area contributed by atoms with Gasteiger partial charge in [-0.3, -0.25) is 9.38 Å². The number of nitrogens with zero attached hydrogens (tertiary/aromatic N) is 4. The quantitative estimate of drug-likeness (QED) is 0.851. The third kappa shape index (κ3) is 2.08. The SMILES string of the molecule is CCOC1CC(Cc2nnc3cncc(Cl)n23)C1. The Bertz CT molecular complexity index is 550. The molecule has 0 radical (unpaired) electrons. The molecule has 5 nitrogen and oxygen atoms in total. The van der Waals surface area contributed by atoms with Crippen molar-refractivity contribution in [2.75, 3.05) is 6.61 Å².